The van der Waals surface area contributed by atoms with Gasteiger partial charge in [0.05, 0.1) is 0 Å². The summed E-state index contributed by atoms with van der Waals surface area (Å²) in [5.74, 6) is 0.453. The minimum absolute atomic E-state index is 0. The van der Waals surface area contributed by atoms with Gasteiger partial charge < -0.3 is 37.2 Å². The van der Waals surface area contributed by atoms with Crippen molar-refractivity contribution in [2.45, 2.75) is 46.0 Å². The van der Waals surface area contributed by atoms with Crippen LogP contribution in [0.1, 0.15) is 64.3 Å². The van der Waals surface area contributed by atoms with Crippen LogP contribution < -0.4 is 37.2 Å². The third-order valence-corrected chi connectivity index (χ3v) is 6.23. The summed E-state index contributed by atoms with van der Waals surface area (Å²) in [6.45, 7) is 11.2. The molecule has 0 atom stereocenters. The first-order chi connectivity index (χ1) is 14.4. The van der Waals surface area contributed by atoms with Crippen LogP contribution in [0.2, 0.25) is 0 Å². The molecule has 176 valence electrons. The molecule has 4 rings (SSSR count). The normalized spacial score (nSPS) is 10.4. The van der Waals surface area contributed by atoms with Crippen molar-refractivity contribution in [1.29, 1.82) is 0 Å². The SMILES string of the molecule is Cc1cccc(C(c2cccc(C)c2)(c2cccc(C)c2)[c-]2cccc2C(C)C)c1.[Cl-].[Cl-].[Cl-].[Ti+4]. The summed E-state index contributed by atoms with van der Waals surface area (Å²) in [5, 5.41) is 0. The Morgan fingerprint density at radius 2 is 0.971 bits per heavy atom. The van der Waals surface area contributed by atoms with Gasteiger partial charge in [-0.1, -0.05) is 103 Å². The van der Waals surface area contributed by atoms with Crippen molar-refractivity contribution in [3.63, 3.8) is 0 Å². The molecule has 0 heterocycles. The molecular weight excluding hydrogens is 515 g/mol. The quantitative estimate of drug-likeness (QED) is 0.169. The molecule has 4 aromatic carbocycles. The first-order valence-electron chi connectivity index (χ1n) is 10.9. The van der Waals surface area contributed by atoms with Crippen LogP contribution in [0.3, 0.4) is 0 Å². The molecule has 34 heavy (non-hydrogen) atoms. The minimum atomic E-state index is -0.354. The maximum atomic E-state index is 2.36. The van der Waals surface area contributed by atoms with E-state index in [-0.39, 0.29) is 64.4 Å². The Balaban J connectivity index is 0.00000272. The Bertz CT molecular complexity index is 1070. The molecule has 0 aliphatic carbocycles. The van der Waals surface area contributed by atoms with Gasteiger partial charge in [0.2, 0.25) is 0 Å². The van der Waals surface area contributed by atoms with Gasteiger partial charge in [0, 0.05) is 5.41 Å². The standard InChI is InChI=1S/C30H31.3ClH.Ti/c1-21(2)28-16-9-17-29(28)30(25-13-6-10-22(3)18-25,26-14-7-11-23(4)19-26)27-15-8-12-24(5)20-27;;;;/h6-21H,1-5H3;3*1H;/q-1;;;;+4/p-3. The zero-order chi connectivity index (χ0) is 21.3. The van der Waals surface area contributed by atoms with Crippen LogP contribution in [0, 0.1) is 20.8 Å². The van der Waals surface area contributed by atoms with Crippen LogP contribution in [0.15, 0.2) is 91.0 Å². The van der Waals surface area contributed by atoms with Gasteiger partial charge in [-0.05, 0) is 43.4 Å². The Hall–Kier alpha value is -1.41. The van der Waals surface area contributed by atoms with Crippen LogP contribution >= 0.6 is 0 Å². The molecule has 4 heteroatoms. The molecule has 0 aromatic heterocycles. The number of rotatable bonds is 5. The van der Waals surface area contributed by atoms with E-state index in [0.717, 1.165) is 0 Å². The van der Waals surface area contributed by atoms with Gasteiger partial charge in [0.15, 0.2) is 0 Å². The van der Waals surface area contributed by atoms with E-state index in [1.807, 2.05) is 0 Å². The first kappa shape index (κ1) is 32.6. The molecule has 0 fully saturated rings. The minimum Gasteiger partial charge on any atom is -1.00 e. The largest absolute Gasteiger partial charge is 4.00 e. The van der Waals surface area contributed by atoms with Crippen molar-refractivity contribution in [3.8, 4) is 0 Å². The maximum absolute atomic E-state index is 2.36. The molecule has 0 aliphatic heterocycles. The number of benzene rings is 3. The summed E-state index contributed by atoms with van der Waals surface area (Å²) in [6.07, 6.45) is 0. The summed E-state index contributed by atoms with van der Waals surface area (Å²) < 4.78 is 0. The van der Waals surface area contributed by atoms with Gasteiger partial charge in [-0.2, -0.15) is 11.6 Å². The van der Waals surface area contributed by atoms with Gasteiger partial charge in [-0.25, -0.2) is 12.1 Å². The predicted octanol–water partition coefficient (Wildman–Crippen LogP) is -1.15. The van der Waals surface area contributed by atoms with Crippen molar-refractivity contribution < 1.29 is 58.9 Å². The van der Waals surface area contributed by atoms with Crippen molar-refractivity contribution in [1.82, 2.24) is 0 Å². The Morgan fingerprint density at radius 1 is 0.588 bits per heavy atom. The first-order valence-corrected chi connectivity index (χ1v) is 10.9. The van der Waals surface area contributed by atoms with E-state index in [1.165, 1.54) is 44.5 Å². The van der Waals surface area contributed by atoms with Crippen LogP contribution in [-0.2, 0) is 27.1 Å². The van der Waals surface area contributed by atoms with Crippen LogP contribution in [0.5, 0.6) is 0 Å². The topological polar surface area (TPSA) is 0 Å². The van der Waals surface area contributed by atoms with E-state index in [4.69, 9.17) is 0 Å². The average molecular weight is 546 g/mol. The van der Waals surface area contributed by atoms with Gasteiger partial charge >= 0.3 is 21.7 Å². The monoisotopic (exact) mass is 544 g/mol. The maximum Gasteiger partial charge on any atom is 4.00 e. The van der Waals surface area contributed by atoms with Gasteiger partial charge in [-0.15, -0.1) is 5.56 Å². The van der Waals surface area contributed by atoms with Gasteiger partial charge in [0.1, 0.15) is 0 Å². The fourth-order valence-corrected chi connectivity index (χ4v) is 4.88. The molecule has 0 aliphatic rings. The molecule has 0 amide bonds. The van der Waals surface area contributed by atoms with Gasteiger partial charge in [-0.3, -0.25) is 0 Å². The van der Waals surface area contributed by atoms with E-state index in [0.29, 0.717) is 5.92 Å². The molecule has 0 nitrogen and oxygen atoms in total. The van der Waals surface area contributed by atoms with Crippen LogP contribution in [-0.4, -0.2) is 0 Å². The van der Waals surface area contributed by atoms with Crippen LogP contribution in [0.4, 0.5) is 0 Å². The third-order valence-electron chi connectivity index (χ3n) is 6.23. The van der Waals surface area contributed by atoms with E-state index < -0.39 is 0 Å². The fraction of sp³-hybridized carbons (Fsp3) is 0.233. The van der Waals surface area contributed by atoms with E-state index >= 15 is 0 Å². The van der Waals surface area contributed by atoms with E-state index in [9.17, 15) is 0 Å². The second-order valence-electron chi connectivity index (χ2n) is 8.91. The van der Waals surface area contributed by atoms with Crippen molar-refractivity contribution >= 4 is 0 Å². The van der Waals surface area contributed by atoms with Crippen molar-refractivity contribution in [3.05, 3.63) is 136 Å². The molecule has 0 spiro atoms. The predicted molar refractivity (Wildman–Crippen MR) is 129 cm³/mol. The van der Waals surface area contributed by atoms with Crippen molar-refractivity contribution in [2.75, 3.05) is 0 Å². The summed E-state index contributed by atoms with van der Waals surface area (Å²) in [5.41, 5.74) is 10.3. The Labute approximate surface area is 239 Å². The zero-order valence-electron chi connectivity index (χ0n) is 20.4. The van der Waals surface area contributed by atoms with E-state index in [2.05, 4.69) is 126 Å². The molecule has 4 aromatic rings. The third kappa shape index (κ3) is 6.04. The second kappa shape index (κ2) is 13.6. The fourth-order valence-electron chi connectivity index (χ4n) is 4.88. The number of hydrogen-bond acceptors (Lipinski definition) is 0. The molecule has 0 unspecified atom stereocenters. The molecule has 0 saturated heterocycles. The Morgan fingerprint density at radius 3 is 1.29 bits per heavy atom. The zero-order valence-corrected chi connectivity index (χ0v) is 24.2. The summed E-state index contributed by atoms with van der Waals surface area (Å²) in [4.78, 5) is 0. The molecule has 0 bridgehead atoms. The smallest absolute Gasteiger partial charge is 1.00 e. The number of aryl methyl sites for hydroxylation is 3. The summed E-state index contributed by atoms with van der Waals surface area (Å²) >= 11 is 0. The molecule has 0 saturated carbocycles. The molecule has 0 radical (unpaired) electrons. The Kier molecular flexibility index (Phi) is 13.1. The summed E-state index contributed by atoms with van der Waals surface area (Å²) in [7, 11) is 0. The van der Waals surface area contributed by atoms with Gasteiger partial charge in [0.25, 0.3) is 0 Å². The summed E-state index contributed by atoms with van der Waals surface area (Å²) in [6, 6.07) is 34.0. The van der Waals surface area contributed by atoms with Crippen LogP contribution in [0.25, 0.3) is 0 Å². The number of hydrogen-bond donors (Lipinski definition) is 0. The second-order valence-corrected chi connectivity index (χ2v) is 8.91. The van der Waals surface area contributed by atoms with E-state index in [1.54, 1.807) is 0 Å². The average Bonchev–Trinajstić information content (AvgIpc) is 3.19. The molecular formula is C30H31Cl3Ti. The number of halogens is 3. The molecule has 0 N–H and O–H groups in total. The van der Waals surface area contributed by atoms with Crippen molar-refractivity contribution in [2.24, 2.45) is 0 Å².